The van der Waals surface area contributed by atoms with Crippen LogP contribution in [0.15, 0.2) is 212 Å². The quantitative estimate of drug-likeness (QED) is 0.168. The molecule has 0 atom stereocenters. The second-order valence-electron chi connectivity index (χ2n) is 15.0. The SMILES string of the molecule is c1ccc(-c2cccc(-n3c4ccccc4c4cc(-c5cccc(-n6c7ccccc7c7cc8c(cc76)c6ccccc6n8-c6ccccc6)c5)ccc43)c2)cc1. The van der Waals surface area contributed by atoms with E-state index in [4.69, 9.17) is 0 Å². The maximum Gasteiger partial charge on any atom is 0.0548 e. The number of rotatable bonds is 5. The van der Waals surface area contributed by atoms with Crippen LogP contribution in [0, 0.1) is 0 Å². The molecule has 0 spiro atoms. The smallest absolute Gasteiger partial charge is 0.0548 e. The Labute approximate surface area is 329 Å². The fourth-order valence-electron chi connectivity index (χ4n) is 9.27. The van der Waals surface area contributed by atoms with Crippen LogP contribution in [0.4, 0.5) is 0 Å². The number of hydrogen-bond acceptors (Lipinski definition) is 0. The van der Waals surface area contributed by atoms with E-state index >= 15 is 0 Å². The van der Waals surface area contributed by atoms with Crippen molar-refractivity contribution in [2.45, 2.75) is 0 Å². The highest BCUT2D eigenvalue weighted by atomic mass is 15.0. The lowest BCUT2D eigenvalue weighted by molar-refractivity contribution is 1.17. The van der Waals surface area contributed by atoms with Gasteiger partial charge in [-0.2, -0.15) is 0 Å². The van der Waals surface area contributed by atoms with E-state index in [9.17, 15) is 0 Å². The van der Waals surface area contributed by atoms with Crippen LogP contribution in [0.2, 0.25) is 0 Å². The van der Waals surface area contributed by atoms with E-state index < -0.39 is 0 Å². The lowest BCUT2D eigenvalue weighted by Gasteiger charge is -2.12. The molecule has 12 rings (SSSR count). The lowest BCUT2D eigenvalue weighted by atomic mass is 10.0. The summed E-state index contributed by atoms with van der Waals surface area (Å²) in [6, 6.07) is 77.4. The van der Waals surface area contributed by atoms with Crippen molar-refractivity contribution in [1.29, 1.82) is 0 Å². The second-order valence-corrected chi connectivity index (χ2v) is 15.0. The maximum absolute atomic E-state index is 2.45. The minimum atomic E-state index is 1.14. The minimum Gasteiger partial charge on any atom is -0.309 e. The van der Waals surface area contributed by atoms with Crippen LogP contribution >= 0.6 is 0 Å². The lowest BCUT2D eigenvalue weighted by Crippen LogP contribution is -1.95. The number of nitrogens with zero attached hydrogens (tertiary/aromatic N) is 3. The van der Waals surface area contributed by atoms with Crippen molar-refractivity contribution in [1.82, 2.24) is 13.7 Å². The van der Waals surface area contributed by atoms with E-state index in [0.29, 0.717) is 0 Å². The molecule has 3 heterocycles. The summed E-state index contributed by atoms with van der Waals surface area (Å²) in [5.74, 6) is 0. The van der Waals surface area contributed by atoms with Crippen molar-refractivity contribution in [3.63, 3.8) is 0 Å². The molecule has 266 valence electrons. The molecule has 0 aliphatic rings. The minimum absolute atomic E-state index is 1.14. The first-order valence-electron chi connectivity index (χ1n) is 19.6. The van der Waals surface area contributed by atoms with Gasteiger partial charge in [0.05, 0.1) is 33.1 Å². The average molecular weight is 726 g/mol. The molecular weight excluding hydrogens is 691 g/mol. The van der Waals surface area contributed by atoms with Gasteiger partial charge in [-0.3, -0.25) is 0 Å². The number of para-hydroxylation sites is 4. The Kier molecular flexibility index (Phi) is 6.93. The first-order chi connectivity index (χ1) is 28.3. The van der Waals surface area contributed by atoms with E-state index in [1.165, 1.54) is 93.4 Å². The third-order valence-corrected chi connectivity index (χ3v) is 11.8. The van der Waals surface area contributed by atoms with E-state index in [0.717, 1.165) is 11.4 Å². The summed E-state index contributed by atoms with van der Waals surface area (Å²) in [5.41, 5.74) is 15.5. The topological polar surface area (TPSA) is 14.8 Å². The number of hydrogen-bond donors (Lipinski definition) is 0. The van der Waals surface area contributed by atoms with Gasteiger partial charge < -0.3 is 13.7 Å². The molecule has 3 aromatic heterocycles. The Hall–Kier alpha value is -7.62. The van der Waals surface area contributed by atoms with Gasteiger partial charge in [0.2, 0.25) is 0 Å². The Morgan fingerprint density at radius 2 is 0.561 bits per heavy atom. The highest BCUT2D eigenvalue weighted by Crippen LogP contribution is 2.41. The third-order valence-electron chi connectivity index (χ3n) is 11.8. The molecule has 0 aliphatic heterocycles. The molecule has 0 fully saturated rings. The number of fused-ring (bicyclic) bond motifs is 9. The van der Waals surface area contributed by atoms with Crippen molar-refractivity contribution < 1.29 is 0 Å². The zero-order valence-electron chi connectivity index (χ0n) is 31.0. The highest BCUT2D eigenvalue weighted by Gasteiger charge is 2.19. The van der Waals surface area contributed by atoms with Crippen LogP contribution in [0.5, 0.6) is 0 Å². The Morgan fingerprint density at radius 3 is 1.12 bits per heavy atom. The molecule has 57 heavy (non-hydrogen) atoms. The summed E-state index contributed by atoms with van der Waals surface area (Å²) in [6.45, 7) is 0. The fourth-order valence-corrected chi connectivity index (χ4v) is 9.27. The normalized spacial score (nSPS) is 11.9. The molecule has 3 heteroatoms. The molecule has 0 saturated carbocycles. The van der Waals surface area contributed by atoms with E-state index in [-0.39, 0.29) is 0 Å². The molecule has 0 bridgehead atoms. The van der Waals surface area contributed by atoms with E-state index in [2.05, 4.69) is 226 Å². The van der Waals surface area contributed by atoms with Crippen LogP contribution in [0.1, 0.15) is 0 Å². The summed E-state index contributed by atoms with van der Waals surface area (Å²) in [6.07, 6.45) is 0. The van der Waals surface area contributed by atoms with Crippen LogP contribution in [-0.4, -0.2) is 13.7 Å². The summed E-state index contributed by atoms with van der Waals surface area (Å²) < 4.78 is 7.27. The van der Waals surface area contributed by atoms with Crippen molar-refractivity contribution in [3.05, 3.63) is 212 Å². The first-order valence-corrected chi connectivity index (χ1v) is 19.6. The van der Waals surface area contributed by atoms with Gasteiger partial charge in [0.25, 0.3) is 0 Å². The molecule has 0 amide bonds. The highest BCUT2D eigenvalue weighted by molar-refractivity contribution is 6.19. The largest absolute Gasteiger partial charge is 0.309 e. The molecule has 3 nitrogen and oxygen atoms in total. The van der Waals surface area contributed by atoms with Crippen LogP contribution in [0.25, 0.3) is 105 Å². The Morgan fingerprint density at radius 1 is 0.193 bits per heavy atom. The van der Waals surface area contributed by atoms with Crippen molar-refractivity contribution in [2.24, 2.45) is 0 Å². The maximum atomic E-state index is 2.45. The Bertz CT molecular complexity index is 3510. The fraction of sp³-hybridized carbons (Fsp3) is 0. The van der Waals surface area contributed by atoms with Gasteiger partial charge in [0, 0.05) is 49.4 Å². The van der Waals surface area contributed by atoms with Gasteiger partial charge >= 0.3 is 0 Å². The second kappa shape index (κ2) is 12.5. The summed E-state index contributed by atoms with van der Waals surface area (Å²) in [7, 11) is 0. The number of aromatic nitrogens is 3. The molecule has 0 unspecified atom stereocenters. The predicted octanol–water partition coefficient (Wildman–Crippen LogP) is 14.3. The Balaban J connectivity index is 1.04. The van der Waals surface area contributed by atoms with Gasteiger partial charge in [-0.05, 0) is 101 Å². The zero-order valence-corrected chi connectivity index (χ0v) is 31.0. The van der Waals surface area contributed by atoms with Crippen LogP contribution in [0.3, 0.4) is 0 Å². The standard InChI is InChI=1S/C54H35N3/c1-3-15-36(16-4-1)37-17-13-21-41(31-37)56-50-27-11-7-23-43(50)46-33-39(29-30-52(46)56)38-18-14-22-42(32-38)57-51-28-12-9-25-45(51)48-34-53-47(35-54(48)57)44-24-8-10-26-49(44)55(53)40-19-5-2-6-20-40/h1-35H. The summed E-state index contributed by atoms with van der Waals surface area (Å²) >= 11 is 0. The molecule has 0 N–H and O–H groups in total. The van der Waals surface area contributed by atoms with Gasteiger partial charge in [-0.25, -0.2) is 0 Å². The molecular formula is C54H35N3. The van der Waals surface area contributed by atoms with Crippen LogP contribution in [-0.2, 0) is 0 Å². The van der Waals surface area contributed by atoms with Crippen LogP contribution < -0.4 is 0 Å². The zero-order chi connectivity index (χ0) is 37.5. The predicted molar refractivity (Wildman–Crippen MR) is 240 cm³/mol. The average Bonchev–Trinajstić information content (AvgIpc) is 3.91. The molecule has 0 saturated heterocycles. The molecule has 12 aromatic rings. The van der Waals surface area contributed by atoms with Crippen molar-refractivity contribution in [2.75, 3.05) is 0 Å². The van der Waals surface area contributed by atoms with Gasteiger partial charge in [-0.1, -0.05) is 133 Å². The van der Waals surface area contributed by atoms with Crippen molar-refractivity contribution >= 4 is 65.4 Å². The summed E-state index contributed by atoms with van der Waals surface area (Å²) in [5, 5.41) is 7.48. The van der Waals surface area contributed by atoms with Crippen molar-refractivity contribution in [3.8, 4) is 39.3 Å². The summed E-state index contributed by atoms with van der Waals surface area (Å²) in [4.78, 5) is 0. The molecule has 0 aliphatic carbocycles. The first kappa shape index (κ1) is 31.7. The number of benzene rings is 9. The molecule has 0 radical (unpaired) electrons. The molecule has 9 aromatic carbocycles. The third kappa shape index (κ3) is 4.86. The monoisotopic (exact) mass is 725 g/mol. The van der Waals surface area contributed by atoms with E-state index in [1.807, 2.05) is 0 Å². The van der Waals surface area contributed by atoms with Gasteiger partial charge in [0.15, 0.2) is 0 Å². The van der Waals surface area contributed by atoms with Gasteiger partial charge in [-0.15, -0.1) is 0 Å². The van der Waals surface area contributed by atoms with Gasteiger partial charge in [0.1, 0.15) is 0 Å². The van der Waals surface area contributed by atoms with E-state index in [1.54, 1.807) is 0 Å².